The lowest BCUT2D eigenvalue weighted by molar-refractivity contribution is -0.119. The Bertz CT molecular complexity index is 456. The maximum Gasteiger partial charge on any atom is 0.239 e. The monoisotopic (exact) mass is 249 g/mol. The first-order valence-corrected chi connectivity index (χ1v) is 6.26. The summed E-state index contributed by atoms with van der Waals surface area (Å²) < 4.78 is 0. The molecule has 18 heavy (non-hydrogen) atoms. The van der Waals surface area contributed by atoms with Crippen LogP contribution in [0.15, 0.2) is 0 Å². The van der Waals surface area contributed by atoms with Crippen molar-refractivity contribution in [2.75, 3.05) is 17.6 Å². The quantitative estimate of drug-likeness (QED) is 0.711. The van der Waals surface area contributed by atoms with Crippen molar-refractivity contribution in [2.45, 2.75) is 39.2 Å². The molecular weight excluding hydrogens is 230 g/mol. The Morgan fingerprint density at radius 3 is 2.78 bits per heavy atom. The number of rotatable bonds is 5. The average Bonchev–Trinajstić information content (AvgIpc) is 3.14. The highest BCUT2D eigenvalue weighted by atomic mass is 16.2. The predicted octanol–water partition coefficient (Wildman–Crippen LogP) is 0.620. The van der Waals surface area contributed by atoms with Gasteiger partial charge in [0.15, 0.2) is 0 Å². The lowest BCUT2D eigenvalue weighted by atomic mass is 10.3. The maximum absolute atomic E-state index is 11.6. The van der Waals surface area contributed by atoms with E-state index in [2.05, 4.69) is 20.6 Å². The van der Waals surface area contributed by atoms with Crippen LogP contribution in [0.4, 0.5) is 11.6 Å². The molecule has 0 saturated heterocycles. The van der Waals surface area contributed by atoms with E-state index in [0.717, 1.165) is 18.4 Å². The zero-order valence-electron chi connectivity index (χ0n) is 10.8. The third kappa shape index (κ3) is 3.09. The molecule has 1 heterocycles. The van der Waals surface area contributed by atoms with Gasteiger partial charge in [0, 0.05) is 18.0 Å². The number of amides is 1. The van der Waals surface area contributed by atoms with Gasteiger partial charge in [0.25, 0.3) is 0 Å². The molecule has 1 aromatic heterocycles. The molecule has 2 rings (SSSR count). The van der Waals surface area contributed by atoms with Gasteiger partial charge >= 0.3 is 0 Å². The highest BCUT2D eigenvalue weighted by Gasteiger charge is 2.23. The molecule has 1 aliphatic carbocycles. The van der Waals surface area contributed by atoms with E-state index in [0.29, 0.717) is 29.9 Å². The molecule has 0 bridgehead atoms. The van der Waals surface area contributed by atoms with Gasteiger partial charge in [-0.3, -0.25) is 4.79 Å². The Morgan fingerprint density at radius 2 is 2.17 bits per heavy atom. The van der Waals surface area contributed by atoms with Crippen LogP contribution >= 0.6 is 0 Å². The standard InChI is InChI=1S/C12H19N5O/c1-3-9-16-11(13)7(2)12(17-9)14-6-10(18)15-8-4-5-8/h8H,3-6H2,1-2H3,(H,15,18)(H3,13,14,16,17). The topological polar surface area (TPSA) is 92.9 Å². The van der Waals surface area contributed by atoms with E-state index < -0.39 is 0 Å². The van der Waals surface area contributed by atoms with Gasteiger partial charge in [0.2, 0.25) is 5.91 Å². The Hall–Kier alpha value is -1.85. The molecule has 1 fully saturated rings. The number of nitrogens with one attached hydrogen (secondary N) is 2. The molecule has 1 saturated carbocycles. The van der Waals surface area contributed by atoms with Crippen molar-refractivity contribution in [2.24, 2.45) is 0 Å². The van der Waals surface area contributed by atoms with Crippen LogP contribution in [-0.2, 0) is 11.2 Å². The summed E-state index contributed by atoms with van der Waals surface area (Å²) in [6.07, 6.45) is 2.89. The minimum atomic E-state index is -0.00729. The first-order chi connectivity index (χ1) is 8.60. The van der Waals surface area contributed by atoms with E-state index in [9.17, 15) is 4.79 Å². The molecule has 1 aliphatic rings. The van der Waals surface area contributed by atoms with Crippen LogP contribution in [0.1, 0.15) is 31.2 Å². The van der Waals surface area contributed by atoms with Crippen molar-refractivity contribution in [3.8, 4) is 0 Å². The van der Waals surface area contributed by atoms with Gasteiger partial charge in [-0.2, -0.15) is 0 Å². The minimum absolute atomic E-state index is 0.00729. The molecule has 0 unspecified atom stereocenters. The van der Waals surface area contributed by atoms with Crippen molar-refractivity contribution < 1.29 is 4.79 Å². The number of nitrogens with zero attached hydrogens (tertiary/aromatic N) is 2. The van der Waals surface area contributed by atoms with E-state index >= 15 is 0 Å². The van der Waals surface area contributed by atoms with Crippen molar-refractivity contribution in [3.63, 3.8) is 0 Å². The largest absolute Gasteiger partial charge is 0.383 e. The number of anilines is 2. The van der Waals surface area contributed by atoms with E-state index in [1.807, 2.05) is 13.8 Å². The van der Waals surface area contributed by atoms with Crippen LogP contribution in [0.5, 0.6) is 0 Å². The van der Waals surface area contributed by atoms with Gasteiger partial charge < -0.3 is 16.4 Å². The molecule has 6 nitrogen and oxygen atoms in total. The number of nitrogen functional groups attached to an aromatic ring is 1. The van der Waals surface area contributed by atoms with Gasteiger partial charge in [-0.25, -0.2) is 9.97 Å². The zero-order valence-corrected chi connectivity index (χ0v) is 10.8. The fourth-order valence-corrected chi connectivity index (χ4v) is 1.58. The first-order valence-electron chi connectivity index (χ1n) is 6.26. The van der Waals surface area contributed by atoms with Crippen molar-refractivity contribution >= 4 is 17.5 Å². The molecule has 1 amide bonds. The van der Waals surface area contributed by atoms with Crippen molar-refractivity contribution in [3.05, 3.63) is 11.4 Å². The number of hydrogen-bond acceptors (Lipinski definition) is 5. The fourth-order valence-electron chi connectivity index (χ4n) is 1.58. The molecule has 0 aliphatic heterocycles. The SMILES string of the molecule is CCc1nc(N)c(C)c(NCC(=O)NC2CC2)n1. The summed E-state index contributed by atoms with van der Waals surface area (Å²) in [5, 5.41) is 5.93. The molecule has 0 atom stereocenters. The van der Waals surface area contributed by atoms with E-state index in [1.54, 1.807) is 0 Å². The predicted molar refractivity (Wildman–Crippen MR) is 70.2 cm³/mol. The first kappa shape index (κ1) is 12.6. The lowest BCUT2D eigenvalue weighted by Gasteiger charge is -2.11. The van der Waals surface area contributed by atoms with Crippen molar-refractivity contribution in [1.82, 2.24) is 15.3 Å². The minimum Gasteiger partial charge on any atom is -0.383 e. The van der Waals surface area contributed by atoms with Crippen LogP contribution in [0.3, 0.4) is 0 Å². The van der Waals surface area contributed by atoms with Crippen LogP contribution in [0, 0.1) is 6.92 Å². The van der Waals surface area contributed by atoms with Crippen molar-refractivity contribution in [1.29, 1.82) is 0 Å². The Balaban J connectivity index is 1.98. The second-order valence-corrected chi connectivity index (χ2v) is 4.55. The van der Waals surface area contributed by atoms with E-state index in [-0.39, 0.29) is 12.5 Å². The molecular formula is C12H19N5O. The number of aromatic nitrogens is 2. The van der Waals surface area contributed by atoms with Crippen LogP contribution < -0.4 is 16.4 Å². The summed E-state index contributed by atoms with van der Waals surface area (Å²) in [7, 11) is 0. The number of carbonyl (C=O) groups is 1. The summed E-state index contributed by atoms with van der Waals surface area (Å²) in [5.41, 5.74) is 6.59. The number of aryl methyl sites for hydroxylation is 1. The van der Waals surface area contributed by atoms with Crippen LogP contribution in [0.2, 0.25) is 0 Å². The number of carbonyl (C=O) groups excluding carboxylic acids is 1. The molecule has 1 aromatic rings. The van der Waals surface area contributed by atoms with Gasteiger partial charge in [-0.15, -0.1) is 0 Å². The summed E-state index contributed by atoms with van der Waals surface area (Å²) in [4.78, 5) is 20.1. The summed E-state index contributed by atoms with van der Waals surface area (Å²) in [6, 6.07) is 0.377. The van der Waals surface area contributed by atoms with Gasteiger partial charge in [0.05, 0.1) is 6.54 Å². The highest BCUT2D eigenvalue weighted by Crippen LogP contribution is 2.19. The molecule has 4 N–H and O–H groups in total. The third-order valence-electron chi connectivity index (χ3n) is 2.90. The van der Waals surface area contributed by atoms with E-state index in [1.165, 1.54) is 0 Å². The van der Waals surface area contributed by atoms with Gasteiger partial charge in [-0.1, -0.05) is 6.92 Å². The number of hydrogen-bond donors (Lipinski definition) is 3. The summed E-state index contributed by atoms with van der Waals surface area (Å²) >= 11 is 0. The van der Waals surface area contributed by atoms with Crippen LogP contribution in [0.25, 0.3) is 0 Å². The maximum atomic E-state index is 11.6. The average molecular weight is 249 g/mol. The molecule has 98 valence electrons. The second-order valence-electron chi connectivity index (χ2n) is 4.55. The molecule has 0 aromatic carbocycles. The fraction of sp³-hybridized carbons (Fsp3) is 0.583. The molecule has 0 radical (unpaired) electrons. The normalized spacial score (nSPS) is 14.3. The van der Waals surface area contributed by atoms with Gasteiger partial charge in [-0.05, 0) is 19.8 Å². The second kappa shape index (κ2) is 5.20. The van der Waals surface area contributed by atoms with Gasteiger partial charge in [0.1, 0.15) is 17.5 Å². The number of nitrogens with two attached hydrogens (primary N) is 1. The van der Waals surface area contributed by atoms with Crippen LogP contribution in [-0.4, -0.2) is 28.5 Å². The lowest BCUT2D eigenvalue weighted by Crippen LogP contribution is -2.31. The smallest absolute Gasteiger partial charge is 0.239 e. The Morgan fingerprint density at radius 1 is 1.44 bits per heavy atom. The summed E-state index contributed by atoms with van der Waals surface area (Å²) in [5.74, 6) is 1.78. The Kier molecular flexibility index (Phi) is 3.64. The molecule has 0 spiro atoms. The van der Waals surface area contributed by atoms with E-state index in [4.69, 9.17) is 5.73 Å². The third-order valence-corrected chi connectivity index (χ3v) is 2.90. The Labute approximate surface area is 106 Å². The zero-order chi connectivity index (χ0) is 13.1. The highest BCUT2D eigenvalue weighted by molar-refractivity contribution is 5.81. The molecule has 6 heteroatoms. The summed E-state index contributed by atoms with van der Waals surface area (Å²) in [6.45, 7) is 4.03.